The quantitative estimate of drug-likeness (QED) is 0.827. The van der Waals surface area contributed by atoms with Gasteiger partial charge in [-0.25, -0.2) is 0 Å². The number of hydrogen-bond donors (Lipinski definition) is 1. The van der Waals surface area contributed by atoms with Crippen LogP contribution in [-0.2, 0) is 0 Å². The van der Waals surface area contributed by atoms with Crippen molar-refractivity contribution in [2.24, 2.45) is 5.92 Å². The minimum atomic E-state index is -5.40. The van der Waals surface area contributed by atoms with Crippen molar-refractivity contribution in [3.8, 4) is 5.75 Å². The number of benzene rings is 1. The molecule has 0 aliphatic rings. The summed E-state index contributed by atoms with van der Waals surface area (Å²) >= 11 is 0. The Kier molecular flexibility index (Phi) is 5.49. The van der Waals surface area contributed by atoms with Crippen LogP contribution in [0.1, 0.15) is 18.5 Å². The van der Waals surface area contributed by atoms with E-state index in [0.717, 1.165) is 0 Å². The molecule has 1 N–H and O–H groups in total. The number of nitrogens with one attached hydrogen (secondary N) is 1. The van der Waals surface area contributed by atoms with Gasteiger partial charge in [-0.05, 0) is 24.2 Å². The van der Waals surface area contributed by atoms with Crippen molar-refractivity contribution in [3.05, 3.63) is 29.8 Å². The molecule has 1 aromatic rings. The zero-order valence-electron chi connectivity index (χ0n) is 11.3. The van der Waals surface area contributed by atoms with Gasteiger partial charge in [0.1, 0.15) is 5.75 Å². The third kappa shape index (κ3) is 4.52. The maximum Gasteiger partial charge on any atom is 0.402 e. The summed E-state index contributed by atoms with van der Waals surface area (Å²) in [7, 11) is 1.35. The lowest BCUT2D eigenvalue weighted by Crippen LogP contribution is -2.45. The standard InChI is InChI=1S/C13H15F6NO/c1-3-20-10(8-4-6-9(21-2)7-5-8)11(12(14,15)16)13(17,18)19/h4-7,10-11,20H,3H2,1-2H3. The predicted molar refractivity (Wildman–Crippen MR) is 65.0 cm³/mol. The first-order chi connectivity index (χ1) is 9.61. The van der Waals surface area contributed by atoms with E-state index in [1.165, 1.54) is 38.3 Å². The molecule has 1 rings (SSSR count). The van der Waals surface area contributed by atoms with E-state index in [1.54, 1.807) is 0 Å². The van der Waals surface area contributed by atoms with E-state index in [9.17, 15) is 26.3 Å². The summed E-state index contributed by atoms with van der Waals surface area (Å²) in [6.07, 6.45) is -10.8. The molecule has 120 valence electrons. The number of rotatable bonds is 5. The van der Waals surface area contributed by atoms with Gasteiger partial charge in [0.05, 0.1) is 13.2 Å². The molecular formula is C13H15F6NO. The summed E-state index contributed by atoms with van der Waals surface area (Å²) in [6, 6.07) is 3.13. The molecule has 0 heterocycles. The van der Waals surface area contributed by atoms with Gasteiger partial charge in [0, 0.05) is 0 Å². The predicted octanol–water partition coefficient (Wildman–Crippen LogP) is 4.09. The molecule has 0 saturated carbocycles. The number of methoxy groups -OCH3 is 1. The molecule has 0 spiro atoms. The highest BCUT2D eigenvalue weighted by Crippen LogP contribution is 2.46. The molecule has 0 aliphatic heterocycles. The monoisotopic (exact) mass is 315 g/mol. The van der Waals surface area contributed by atoms with Gasteiger partial charge in [-0.1, -0.05) is 19.1 Å². The summed E-state index contributed by atoms with van der Waals surface area (Å²) in [4.78, 5) is 0. The number of hydrogen-bond acceptors (Lipinski definition) is 2. The number of alkyl halides is 6. The first-order valence-corrected chi connectivity index (χ1v) is 6.12. The Morgan fingerprint density at radius 1 is 1.00 bits per heavy atom. The van der Waals surface area contributed by atoms with Crippen molar-refractivity contribution in [1.29, 1.82) is 0 Å². The van der Waals surface area contributed by atoms with Gasteiger partial charge in [-0.2, -0.15) is 26.3 Å². The molecule has 2 nitrogen and oxygen atoms in total. The van der Waals surface area contributed by atoms with E-state index < -0.39 is 24.3 Å². The second-order valence-electron chi connectivity index (χ2n) is 4.37. The maximum atomic E-state index is 12.8. The summed E-state index contributed by atoms with van der Waals surface area (Å²) in [5, 5.41) is 2.27. The Morgan fingerprint density at radius 3 is 1.81 bits per heavy atom. The SMILES string of the molecule is CCNC(c1ccc(OC)cc1)C(C(F)(F)F)C(F)(F)F. The average Bonchev–Trinajstić information content (AvgIpc) is 2.35. The smallest absolute Gasteiger partial charge is 0.402 e. The van der Waals surface area contributed by atoms with Crippen LogP contribution in [-0.4, -0.2) is 26.0 Å². The molecule has 1 atom stereocenters. The van der Waals surface area contributed by atoms with Crippen molar-refractivity contribution in [3.63, 3.8) is 0 Å². The van der Waals surface area contributed by atoms with Crippen LogP contribution in [0.4, 0.5) is 26.3 Å². The molecule has 0 aliphatic carbocycles. The van der Waals surface area contributed by atoms with Gasteiger partial charge >= 0.3 is 12.4 Å². The van der Waals surface area contributed by atoms with E-state index >= 15 is 0 Å². The number of halogens is 6. The zero-order chi connectivity index (χ0) is 16.3. The first-order valence-electron chi connectivity index (χ1n) is 6.12. The Bertz CT molecular complexity index is 425. The van der Waals surface area contributed by atoms with Crippen LogP contribution >= 0.6 is 0 Å². The fourth-order valence-corrected chi connectivity index (χ4v) is 2.02. The molecular weight excluding hydrogens is 300 g/mol. The van der Waals surface area contributed by atoms with Crippen LogP contribution in [0.25, 0.3) is 0 Å². The Balaban J connectivity index is 3.23. The molecule has 0 amide bonds. The van der Waals surface area contributed by atoms with Gasteiger partial charge in [-0.3, -0.25) is 0 Å². The molecule has 8 heteroatoms. The minimum Gasteiger partial charge on any atom is -0.497 e. The van der Waals surface area contributed by atoms with Gasteiger partial charge in [0.2, 0.25) is 0 Å². The van der Waals surface area contributed by atoms with Crippen molar-refractivity contribution in [2.45, 2.75) is 25.3 Å². The molecule has 0 fully saturated rings. The van der Waals surface area contributed by atoms with E-state index in [2.05, 4.69) is 5.32 Å². The summed E-state index contributed by atoms with van der Waals surface area (Å²) in [5.41, 5.74) is -0.0997. The van der Waals surface area contributed by atoms with E-state index in [-0.39, 0.29) is 12.1 Å². The van der Waals surface area contributed by atoms with E-state index in [0.29, 0.717) is 5.75 Å². The Morgan fingerprint density at radius 2 is 1.48 bits per heavy atom. The van der Waals surface area contributed by atoms with Gasteiger partial charge < -0.3 is 10.1 Å². The lowest BCUT2D eigenvalue weighted by Gasteiger charge is -2.31. The molecule has 0 aromatic heterocycles. The highest BCUT2D eigenvalue weighted by Gasteiger charge is 2.60. The average molecular weight is 315 g/mol. The van der Waals surface area contributed by atoms with Gasteiger partial charge in [0.15, 0.2) is 5.92 Å². The normalized spacial score (nSPS) is 14.3. The first kappa shape index (κ1) is 17.6. The highest BCUT2D eigenvalue weighted by molar-refractivity contribution is 5.30. The Labute approximate surface area is 118 Å². The van der Waals surface area contributed by atoms with Crippen LogP contribution in [0.3, 0.4) is 0 Å². The lowest BCUT2D eigenvalue weighted by molar-refractivity contribution is -0.292. The molecule has 21 heavy (non-hydrogen) atoms. The van der Waals surface area contributed by atoms with E-state index in [1.807, 2.05) is 0 Å². The van der Waals surface area contributed by atoms with Crippen molar-refractivity contribution in [2.75, 3.05) is 13.7 Å². The summed E-state index contributed by atoms with van der Waals surface area (Å²) in [6.45, 7) is 1.42. The van der Waals surface area contributed by atoms with Gasteiger partial charge in [0.25, 0.3) is 0 Å². The van der Waals surface area contributed by atoms with Crippen LogP contribution in [0.2, 0.25) is 0 Å². The van der Waals surface area contributed by atoms with Crippen LogP contribution in [0, 0.1) is 5.92 Å². The van der Waals surface area contributed by atoms with Gasteiger partial charge in [-0.15, -0.1) is 0 Å². The molecule has 0 saturated heterocycles. The fraction of sp³-hybridized carbons (Fsp3) is 0.538. The number of ether oxygens (including phenoxy) is 1. The third-order valence-corrected chi connectivity index (χ3v) is 2.94. The molecule has 0 radical (unpaired) electrons. The largest absolute Gasteiger partial charge is 0.497 e. The maximum absolute atomic E-state index is 12.8. The topological polar surface area (TPSA) is 21.3 Å². The van der Waals surface area contributed by atoms with Crippen molar-refractivity contribution >= 4 is 0 Å². The van der Waals surface area contributed by atoms with Crippen molar-refractivity contribution < 1.29 is 31.1 Å². The molecule has 1 aromatic carbocycles. The van der Waals surface area contributed by atoms with E-state index in [4.69, 9.17) is 4.74 Å². The second-order valence-corrected chi connectivity index (χ2v) is 4.37. The summed E-state index contributed by atoms with van der Waals surface area (Å²) < 4.78 is 81.9. The second kappa shape index (κ2) is 6.55. The fourth-order valence-electron chi connectivity index (χ4n) is 2.02. The van der Waals surface area contributed by atoms with Crippen molar-refractivity contribution in [1.82, 2.24) is 5.32 Å². The molecule has 0 bridgehead atoms. The zero-order valence-corrected chi connectivity index (χ0v) is 11.3. The summed E-state index contributed by atoms with van der Waals surface area (Å²) in [5.74, 6) is -3.12. The third-order valence-electron chi connectivity index (χ3n) is 2.94. The van der Waals surface area contributed by atoms with Crippen LogP contribution in [0.15, 0.2) is 24.3 Å². The van der Waals surface area contributed by atoms with Crippen LogP contribution < -0.4 is 10.1 Å². The highest BCUT2D eigenvalue weighted by atomic mass is 19.4. The Hall–Kier alpha value is -1.44. The lowest BCUT2D eigenvalue weighted by atomic mass is 9.91. The minimum absolute atomic E-state index is 0.0284. The van der Waals surface area contributed by atoms with Crippen LogP contribution in [0.5, 0.6) is 5.75 Å². The molecule has 1 unspecified atom stereocenters.